The van der Waals surface area contributed by atoms with Gasteiger partial charge in [0.15, 0.2) is 0 Å². The van der Waals surface area contributed by atoms with Gasteiger partial charge in [0.2, 0.25) is 0 Å². The molecule has 0 aromatic carbocycles. The van der Waals surface area contributed by atoms with E-state index in [1.54, 1.807) is 5.57 Å². The van der Waals surface area contributed by atoms with Crippen LogP contribution in [-0.2, 0) is 4.74 Å². The fourth-order valence-electron chi connectivity index (χ4n) is 4.08. The molecule has 2 fully saturated rings. The number of hydrogen-bond acceptors (Lipinski definition) is 1. The van der Waals surface area contributed by atoms with E-state index in [-0.39, 0.29) is 0 Å². The van der Waals surface area contributed by atoms with Crippen molar-refractivity contribution in [2.24, 2.45) is 17.8 Å². The van der Waals surface area contributed by atoms with Crippen molar-refractivity contribution in [3.05, 3.63) is 22.8 Å². The lowest BCUT2D eigenvalue weighted by molar-refractivity contribution is 0.0637. The first-order valence-corrected chi connectivity index (χ1v) is 6.59. The fraction of sp³-hybridized carbons (Fsp3) is 0.733. The second kappa shape index (κ2) is 3.46. The third kappa shape index (κ3) is 1.27. The second-order valence-corrected chi connectivity index (χ2v) is 6.09. The van der Waals surface area contributed by atoms with E-state index < -0.39 is 0 Å². The summed E-state index contributed by atoms with van der Waals surface area (Å²) in [5.74, 6) is 2.36. The zero-order valence-corrected chi connectivity index (χ0v) is 10.8. The molecule has 16 heavy (non-hydrogen) atoms. The standard InChI is InChI=1S/C15H22O/c1-8(2)13-12-7-10(4)11-6-5-9(3)15(16-12)14(11)13/h5,10-12,14-15H,6-7H2,1-4H3. The predicted molar refractivity (Wildman–Crippen MR) is 66.2 cm³/mol. The summed E-state index contributed by atoms with van der Waals surface area (Å²) in [4.78, 5) is 0. The van der Waals surface area contributed by atoms with E-state index in [4.69, 9.17) is 4.74 Å². The van der Waals surface area contributed by atoms with Crippen LogP contribution in [0.3, 0.4) is 0 Å². The van der Waals surface area contributed by atoms with Crippen molar-refractivity contribution in [2.45, 2.75) is 52.7 Å². The van der Waals surface area contributed by atoms with E-state index >= 15 is 0 Å². The van der Waals surface area contributed by atoms with Crippen LogP contribution in [0.1, 0.15) is 40.5 Å². The summed E-state index contributed by atoms with van der Waals surface area (Å²) >= 11 is 0. The van der Waals surface area contributed by atoms with Crippen LogP contribution in [0.4, 0.5) is 0 Å². The number of fused-ring (bicyclic) bond motifs is 1. The molecular weight excluding hydrogens is 196 g/mol. The van der Waals surface area contributed by atoms with E-state index in [1.807, 2.05) is 0 Å². The average molecular weight is 218 g/mol. The number of hydrogen-bond donors (Lipinski definition) is 0. The molecule has 1 aliphatic heterocycles. The molecular formula is C15H22O. The summed E-state index contributed by atoms with van der Waals surface area (Å²) in [6.45, 7) is 9.17. The van der Waals surface area contributed by atoms with Gasteiger partial charge in [0, 0.05) is 5.92 Å². The van der Waals surface area contributed by atoms with Crippen molar-refractivity contribution in [1.29, 1.82) is 0 Å². The normalized spacial score (nSPS) is 45.6. The predicted octanol–water partition coefficient (Wildman–Crippen LogP) is 3.71. The van der Waals surface area contributed by atoms with Crippen LogP contribution in [-0.4, -0.2) is 12.2 Å². The van der Waals surface area contributed by atoms with Crippen LogP contribution in [0.2, 0.25) is 0 Å². The van der Waals surface area contributed by atoms with Gasteiger partial charge in [-0.05, 0) is 56.6 Å². The molecule has 3 rings (SSSR count). The summed E-state index contributed by atoms with van der Waals surface area (Å²) < 4.78 is 6.29. The minimum atomic E-state index is 0.401. The first-order valence-electron chi connectivity index (χ1n) is 6.59. The first kappa shape index (κ1) is 10.6. The van der Waals surface area contributed by atoms with Crippen LogP contribution in [0.5, 0.6) is 0 Å². The highest BCUT2D eigenvalue weighted by atomic mass is 16.5. The third-order valence-electron chi connectivity index (χ3n) is 4.86. The Balaban J connectivity index is 2.09. The van der Waals surface area contributed by atoms with Gasteiger partial charge in [0.1, 0.15) is 0 Å². The SMILES string of the molecule is CC1=CCC2C(C)CC3OC1C2C3=C(C)C. The van der Waals surface area contributed by atoms with Crippen LogP contribution in [0.25, 0.3) is 0 Å². The zero-order chi connectivity index (χ0) is 11.4. The topological polar surface area (TPSA) is 9.23 Å². The third-order valence-corrected chi connectivity index (χ3v) is 4.86. The summed E-state index contributed by atoms with van der Waals surface area (Å²) in [5, 5.41) is 0. The molecule has 0 aromatic heterocycles. The number of rotatable bonds is 0. The van der Waals surface area contributed by atoms with Gasteiger partial charge < -0.3 is 4.74 Å². The van der Waals surface area contributed by atoms with Crippen LogP contribution in [0.15, 0.2) is 22.8 Å². The van der Waals surface area contributed by atoms with Crippen molar-refractivity contribution in [1.82, 2.24) is 0 Å². The molecule has 3 aliphatic rings. The molecule has 0 aromatic rings. The van der Waals surface area contributed by atoms with Crippen LogP contribution in [0, 0.1) is 17.8 Å². The Bertz CT molecular complexity index is 373. The largest absolute Gasteiger partial charge is 0.366 e. The van der Waals surface area contributed by atoms with Gasteiger partial charge in [-0.15, -0.1) is 0 Å². The summed E-state index contributed by atoms with van der Waals surface area (Å²) in [7, 11) is 0. The lowest BCUT2D eigenvalue weighted by Gasteiger charge is -2.39. The Kier molecular flexibility index (Phi) is 2.29. The van der Waals surface area contributed by atoms with Gasteiger partial charge in [0.05, 0.1) is 12.2 Å². The van der Waals surface area contributed by atoms with Crippen molar-refractivity contribution in [3.63, 3.8) is 0 Å². The van der Waals surface area contributed by atoms with Crippen LogP contribution < -0.4 is 0 Å². The Morgan fingerprint density at radius 1 is 1.38 bits per heavy atom. The van der Waals surface area contributed by atoms with E-state index in [2.05, 4.69) is 33.8 Å². The molecule has 1 nitrogen and oxygen atoms in total. The first-order chi connectivity index (χ1) is 7.59. The smallest absolute Gasteiger partial charge is 0.0859 e. The Hall–Kier alpha value is -0.560. The Morgan fingerprint density at radius 3 is 2.81 bits per heavy atom. The van der Waals surface area contributed by atoms with Crippen molar-refractivity contribution in [2.75, 3.05) is 0 Å². The van der Waals surface area contributed by atoms with E-state index in [1.165, 1.54) is 24.0 Å². The summed E-state index contributed by atoms with van der Waals surface area (Å²) in [6, 6.07) is 0. The minimum absolute atomic E-state index is 0.401. The molecule has 2 aliphatic carbocycles. The van der Waals surface area contributed by atoms with Crippen molar-refractivity contribution >= 4 is 0 Å². The van der Waals surface area contributed by atoms with Crippen LogP contribution >= 0.6 is 0 Å². The molecule has 1 heterocycles. The molecule has 0 N–H and O–H groups in total. The summed E-state index contributed by atoms with van der Waals surface area (Å²) in [6.07, 6.45) is 5.74. The Labute approximate surface area is 98.6 Å². The second-order valence-electron chi connectivity index (χ2n) is 6.09. The number of allylic oxidation sites excluding steroid dienone is 2. The number of ether oxygens (including phenoxy) is 1. The molecule has 5 unspecified atom stereocenters. The summed E-state index contributed by atoms with van der Waals surface area (Å²) in [5.41, 5.74) is 4.61. The molecule has 2 bridgehead atoms. The van der Waals surface area contributed by atoms with Crippen molar-refractivity contribution in [3.8, 4) is 0 Å². The maximum Gasteiger partial charge on any atom is 0.0859 e. The molecule has 1 saturated heterocycles. The zero-order valence-electron chi connectivity index (χ0n) is 10.8. The maximum absolute atomic E-state index is 6.29. The van der Waals surface area contributed by atoms with Gasteiger partial charge in [-0.1, -0.05) is 18.6 Å². The van der Waals surface area contributed by atoms with Gasteiger partial charge in [-0.25, -0.2) is 0 Å². The molecule has 1 heteroatoms. The molecule has 0 spiro atoms. The minimum Gasteiger partial charge on any atom is -0.366 e. The molecule has 1 saturated carbocycles. The quantitative estimate of drug-likeness (QED) is 0.563. The van der Waals surface area contributed by atoms with E-state index in [0.29, 0.717) is 18.1 Å². The van der Waals surface area contributed by atoms with E-state index in [0.717, 1.165) is 11.8 Å². The molecule has 0 amide bonds. The average Bonchev–Trinajstić information content (AvgIpc) is 2.53. The molecule has 88 valence electrons. The van der Waals surface area contributed by atoms with E-state index in [9.17, 15) is 0 Å². The van der Waals surface area contributed by atoms with Gasteiger partial charge >= 0.3 is 0 Å². The lowest BCUT2D eigenvalue weighted by atomic mass is 9.64. The molecule has 0 radical (unpaired) electrons. The highest BCUT2D eigenvalue weighted by Crippen LogP contribution is 2.54. The Morgan fingerprint density at radius 2 is 2.12 bits per heavy atom. The van der Waals surface area contributed by atoms with Crippen molar-refractivity contribution < 1.29 is 4.74 Å². The molecule has 5 atom stereocenters. The fourth-order valence-corrected chi connectivity index (χ4v) is 4.08. The monoisotopic (exact) mass is 218 g/mol. The highest BCUT2D eigenvalue weighted by Gasteiger charge is 2.51. The van der Waals surface area contributed by atoms with Gasteiger partial charge in [-0.3, -0.25) is 0 Å². The maximum atomic E-state index is 6.29. The van der Waals surface area contributed by atoms with Gasteiger partial charge in [0.25, 0.3) is 0 Å². The lowest BCUT2D eigenvalue weighted by Crippen LogP contribution is -2.36. The van der Waals surface area contributed by atoms with Gasteiger partial charge in [-0.2, -0.15) is 0 Å². The highest BCUT2D eigenvalue weighted by molar-refractivity contribution is 5.34.